The zero-order valence-corrected chi connectivity index (χ0v) is 15.6. The Labute approximate surface area is 142 Å². The molecule has 0 bridgehead atoms. The van der Waals surface area contributed by atoms with Crippen LogP contribution in [0.3, 0.4) is 0 Å². The van der Waals surface area contributed by atoms with Gasteiger partial charge in [-0.2, -0.15) is 0 Å². The van der Waals surface area contributed by atoms with Gasteiger partial charge in [-0.25, -0.2) is 0 Å². The van der Waals surface area contributed by atoms with Crippen LogP contribution in [-0.2, 0) is 11.8 Å². The topological polar surface area (TPSA) is 35.2 Å². The van der Waals surface area contributed by atoms with Crippen molar-refractivity contribution in [1.29, 1.82) is 0 Å². The summed E-state index contributed by atoms with van der Waals surface area (Å²) in [7, 11) is 0. The first-order valence-corrected chi connectivity index (χ1v) is 8.33. The van der Waals surface area contributed by atoms with E-state index in [9.17, 15) is 0 Å². The fourth-order valence-corrected chi connectivity index (χ4v) is 2.57. The average Bonchev–Trinajstić information content (AvgIpc) is 3.21. The molecule has 0 spiro atoms. The lowest BCUT2D eigenvalue weighted by Crippen LogP contribution is -2.22. The van der Waals surface area contributed by atoms with Gasteiger partial charge >= 0.3 is 0 Å². The van der Waals surface area contributed by atoms with E-state index in [0.717, 1.165) is 31.1 Å². The van der Waals surface area contributed by atoms with Gasteiger partial charge in [0.25, 0.3) is 0 Å². The van der Waals surface area contributed by atoms with E-state index in [1.54, 1.807) is 0 Å². The van der Waals surface area contributed by atoms with Gasteiger partial charge in [0.05, 0.1) is 6.61 Å². The molecular formula is C19H32ClNO. The molecule has 1 aliphatic rings. The molecule has 1 aromatic rings. The molecule has 0 amide bonds. The summed E-state index contributed by atoms with van der Waals surface area (Å²) >= 11 is 0. The molecule has 0 saturated heterocycles. The van der Waals surface area contributed by atoms with Crippen molar-refractivity contribution < 1.29 is 4.74 Å². The lowest BCUT2D eigenvalue weighted by molar-refractivity contribution is 0.291. The second-order valence-corrected chi connectivity index (χ2v) is 7.65. The highest BCUT2D eigenvalue weighted by Gasteiger charge is 2.25. The van der Waals surface area contributed by atoms with Crippen LogP contribution in [0.4, 0.5) is 0 Å². The third-order valence-electron chi connectivity index (χ3n) is 4.42. The molecule has 2 N–H and O–H groups in total. The van der Waals surface area contributed by atoms with Crippen LogP contribution in [0.15, 0.2) is 12.1 Å². The summed E-state index contributed by atoms with van der Waals surface area (Å²) in [5.74, 6) is 1.85. The fourth-order valence-electron chi connectivity index (χ4n) is 2.57. The van der Waals surface area contributed by atoms with Gasteiger partial charge in [0.15, 0.2) is 0 Å². The maximum Gasteiger partial charge on any atom is 0.123 e. The van der Waals surface area contributed by atoms with E-state index in [4.69, 9.17) is 10.5 Å². The number of rotatable bonds is 6. The van der Waals surface area contributed by atoms with Crippen LogP contribution in [0.1, 0.15) is 63.6 Å². The Morgan fingerprint density at radius 3 is 2.41 bits per heavy atom. The third kappa shape index (κ3) is 5.17. The standard InChI is InChI=1S/C19H31NO.ClH/c1-6-16(20)10-15-11-18(21-12-14-7-8-14)17(9-13(15)2)19(3,4)5;/h9,11,14,16H,6-8,10,12,20H2,1-5H3;1H. The molecule has 1 fully saturated rings. The predicted molar refractivity (Wildman–Crippen MR) is 97.3 cm³/mol. The highest BCUT2D eigenvalue weighted by molar-refractivity contribution is 5.85. The van der Waals surface area contributed by atoms with Gasteiger partial charge in [-0.1, -0.05) is 33.8 Å². The van der Waals surface area contributed by atoms with Crippen LogP contribution in [-0.4, -0.2) is 12.6 Å². The molecule has 22 heavy (non-hydrogen) atoms. The van der Waals surface area contributed by atoms with Gasteiger partial charge in [0.2, 0.25) is 0 Å². The lowest BCUT2D eigenvalue weighted by atomic mass is 9.83. The molecule has 3 heteroatoms. The molecule has 0 heterocycles. The van der Waals surface area contributed by atoms with Crippen molar-refractivity contribution in [2.24, 2.45) is 11.7 Å². The summed E-state index contributed by atoms with van der Waals surface area (Å²) in [5, 5.41) is 0. The molecule has 1 aliphatic carbocycles. The van der Waals surface area contributed by atoms with Gasteiger partial charge < -0.3 is 10.5 Å². The minimum Gasteiger partial charge on any atom is -0.493 e. The molecule has 0 aliphatic heterocycles. The highest BCUT2D eigenvalue weighted by Crippen LogP contribution is 2.36. The van der Waals surface area contributed by atoms with E-state index in [2.05, 4.69) is 46.8 Å². The van der Waals surface area contributed by atoms with Crippen molar-refractivity contribution in [2.45, 2.75) is 71.8 Å². The monoisotopic (exact) mass is 325 g/mol. The van der Waals surface area contributed by atoms with Crippen molar-refractivity contribution in [2.75, 3.05) is 6.61 Å². The zero-order valence-electron chi connectivity index (χ0n) is 14.7. The van der Waals surface area contributed by atoms with E-state index in [1.807, 2.05) is 0 Å². The summed E-state index contributed by atoms with van der Waals surface area (Å²) in [6, 6.07) is 4.79. The number of hydrogen-bond donors (Lipinski definition) is 1. The molecule has 2 nitrogen and oxygen atoms in total. The van der Waals surface area contributed by atoms with Crippen molar-refractivity contribution >= 4 is 12.4 Å². The minimum absolute atomic E-state index is 0. The quantitative estimate of drug-likeness (QED) is 0.816. The Morgan fingerprint density at radius 2 is 1.91 bits per heavy atom. The lowest BCUT2D eigenvalue weighted by Gasteiger charge is -2.25. The van der Waals surface area contributed by atoms with Crippen LogP contribution in [0, 0.1) is 12.8 Å². The van der Waals surface area contributed by atoms with E-state index in [0.29, 0.717) is 0 Å². The van der Waals surface area contributed by atoms with Gasteiger partial charge in [-0.15, -0.1) is 12.4 Å². The smallest absolute Gasteiger partial charge is 0.123 e. The average molecular weight is 326 g/mol. The van der Waals surface area contributed by atoms with Crippen LogP contribution < -0.4 is 10.5 Å². The van der Waals surface area contributed by atoms with Crippen LogP contribution >= 0.6 is 12.4 Å². The van der Waals surface area contributed by atoms with Crippen molar-refractivity contribution in [3.63, 3.8) is 0 Å². The molecule has 2 rings (SSSR count). The first-order chi connectivity index (χ1) is 9.81. The molecule has 0 aromatic heterocycles. The number of hydrogen-bond acceptors (Lipinski definition) is 2. The van der Waals surface area contributed by atoms with Gasteiger partial charge in [-0.05, 0) is 66.7 Å². The highest BCUT2D eigenvalue weighted by atomic mass is 35.5. The summed E-state index contributed by atoms with van der Waals surface area (Å²) in [5.41, 5.74) is 10.2. The number of halogens is 1. The summed E-state index contributed by atoms with van der Waals surface area (Å²) in [6.45, 7) is 12.0. The molecule has 1 saturated carbocycles. The first-order valence-electron chi connectivity index (χ1n) is 8.33. The third-order valence-corrected chi connectivity index (χ3v) is 4.42. The maximum absolute atomic E-state index is 6.16. The fraction of sp³-hybridized carbons (Fsp3) is 0.684. The van der Waals surface area contributed by atoms with E-state index >= 15 is 0 Å². The summed E-state index contributed by atoms with van der Waals surface area (Å²) in [4.78, 5) is 0. The van der Waals surface area contributed by atoms with Crippen molar-refractivity contribution in [3.05, 3.63) is 28.8 Å². The number of aryl methyl sites for hydroxylation is 1. The van der Waals surface area contributed by atoms with Gasteiger partial charge in [0.1, 0.15) is 5.75 Å². The Kier molecular flexibility index (Phi) is 6.76. The molecule has 1 unspecified atom stereocenters. The first kappa shape index (κ1) is 19.3. The van der Waals surface area contributed by atoms with Gasteiger partial charge in [0, 0.05) is 6.04 Å². The minimum atomic E-state index is 0. The summed E-state index contributed by atoms with van der Waals surface area (Å²) < 4.78 is 6.16. The molecule has 0 radical (unpaired) electrons. The van der Waals surface area contributed by atoms with Crippen LogP contribution in [0.25, 0.3) is 0 Å². The van der Waals surface area contributed by atoms with E-state index < -0.39 is 0 Å². The second kappa shape index (κ2) is 7.70. The van der Waals surface area contributed by atoms with Gasteiger partial charge in [-0.3, -0.25) is 0 Å². The maximum atomic E-state index is 6.16. The number of nitrogens with two attached hydrogens (primary N) is 1. The Bertz CT molecular complexity index is 489. The zero-order chi connectivity index (χ0) is 15.6. The number of benzene rings is 1. The SMILES string of the molecule is CCC(N)Cc1cc(OCC2CC2)c(C(C)(C)C)cc1C.Cl. The predicted octanol–water partition coefficient (Wildman–Crippen LogP) is 4.78. The largest absolute Gasteiger partial charge is 0.493 e. The van der Waals surface area contributed by atoms with Crippen LogP contribution in [0.5, 0.6) is 5.75 Å². The van der Waals surface area contributed by atoms with E-state index in [-0.39, 0.29) is 23.9 Å². The van der Waals surface area contributed by atoms with Crippen molar-refractivity contribution in [1.82, 2.24) is 0 Å². The molecule has 1 atom stereocenters. The normalized spacial score (nSPS) is 16.1. The molecule has 1 aromatic carbocycles. The summed E-state index contributed by atoms with van der Waals surface area (Å²) in [6.07, 6.45) is 4.60. The van der Waals surface area contributed by atoms with E-state index in [1.165, 1.54) is 29.5 Å². The Morgan fingerprint density at radius 1 is 1.27 bits per heavy atom. The molecular weight excluding hydrogens is 294 g/mol. The second-order valence-electron chi connectivity index (χ2n) is 7.65. The number of ether oxygens (including phenoxy) is 1. The Hall–Kier alpha value is -0.730. The Balaban J connectivity index is 0.00000242. The molecule has 126 valence electrons. The van der Waals surface area contributed by atoms with Crippen molar-refractivity contribution in [3.8, 4) is 5.75 Å². The van der Waals surface area contributed by atoms with Crippen LogP contribution in [0.2, 0.25) is 0 Å².